The lowest BCUT2D eigenvalue weighted by atomic mass is 10.3. The van der Waals surface area contributed by atoms with Crippen molar-refractivity contribution in [2.24, 2.45) is 0 Å². The molecule has 0 radical (unpaired) electrons. The summed E-state index contributed by atoms with van der Waals surface area (Å²) in [7, 11) is 1.65. The molecule has 5 nitrogen and oxygen atoms in total. The Kier molecular flexibility index (Phi) is 5.14. The van der Waals surface area contributed by atoms with Crippen molar-refractivity contribution in [2.75, 3.05) is 20.3 Å². The van der Waals surface area contributed by atoms with E-state index < -0.39 is 0 Å². The highest BCUT2D eigenvalue weighted by Crippen LogP contribution is 1.91. The number of aryl methyl sites for hydroxylation is 1. The molecule has 1 N–H and O–H groups in total. The van der Waals surface area contributed by atoms with Crippen LogP contribution < -0.4 is 10.9 Å². The van der Waals surface area contributed by atoms with Crippen molar-refractivity contribution in [3.8, 4) is 0 Å². The van der Waals surface area contributed by atoms with E-state index in [0.29, 0.717) is 13.2 Å². The van der Waals surface area contributed by atoms with Crippen molar-refractivity contribution < 1.29 is 4.74 Å². The molecule has 90 valence electrons. The first kappa shape index (κ1) is 12.9. The third kappa shape index (κ3) is 3.75. The van der Waals surface area contributed by atoms with Crippen molar-refractivity contribution in [1.82, 2.24) is 15.1 Å². The Morgan fingerprint density at radius 1 is 1.56 bits per heavy atom. The topological polar surface area (TPSA) is 56.1 Å². The average Bonchev–Trinajstić information content (AvgIpc) is 2.24. The number of likely N-dealkylation sites (N-methyl/N-ethyl adjacent to an activating group) is 1. The van der Waals surface area contributed by atoms with Crippen LogP contribution in [0.5, 0.6) is 0 Å². The van der Waals surface area contributed by atoms with Gasteiger partial charge in [-0.1, -0.05) is 6.92 Å². The molecule has 0 amide bonds. The predicted molar refractivity (Wildman–Crippen MR) is 62.6 cm³/mol. The van der Waals surface area contributed by atoms with E-state index in [0.717, 1.165) is 12.2 Å². The van der Waals surface area contributed by atoms with E-state index in [1.807, 2.05) is 13.8 Å². The van der Waals surface area contributed by atoms with Gasteiger partial charge in [0, 0.05) is 13.2 Å². The van der Waals surface area contributed by atoms with Crippen LogP contribution in [0.2, 0.25) is 0 Å². The first-order chi connectivity index (χ1) is 7.67. The molecule has 0 saturated heterocycles. The molecule has 1 aromatic heterocycles. The summed E-state index contributed by atoms with van der Waals surface area (Å²) < 4.78 is 6.57. The summed E-state index contributed by atoms with van der Waals surface area (Å²) in [5.41, 5.74) is 0.761. The SMILES string of the molecule is CCNC(COC)Cn1nc(C)ccc1=O. The molecule has 0 fully saturated rings. The van der Waals surface area contributed by atoms with Crippen LogP contribution in [-0.4, -0.2) is 36.1 Å². The van der Waals surface area contributed by atoms with Crippen molar-refractivity contribution in [3.05, 3.63) is 28.2 Å². The molecule has 5 heteroatoms. The largest absolute Gasteiger partial charge is 0.383 e. The summed E-state index contributed by atoms with van der Waals surface area (Å²) in [5, 5.41) is 7.44. The fourth-order valence-corrected chi connectivity index (χ4v) is 1.56. The van der Waals surface area contributed by atoms with Gasteiger partial charge in [-0.25, -0.2) is 4.68 Å². The van der Waals surface area contributed by atoms with E-state index in [9.17, 15) is 4.79 Å². The Labute approximate surface area is 95.4 Å². The second-order valence-electron chi connectivity index (χ2n) is 3.71. The van der Waals surface area contributed by atoms with E-state index in [1.165, 1.54) is 10.7 Å². The standard InChI is InChI=1S/C11H19N3O2/c1-4-12-10(8-16-3)7-14-11(15)6-5-9(2)13-14/h5-6,10,12H,4,7-8H2,1-3H3. The molecule has 1 aromatic rings. The highest BCUT2D eigenvalue weighted by molar-refractivity contribution is 4.97. The van der Waals surface area contributed by atoms with E-state index in [2.05, 4.69) is 10.4 Å². The molecular weight excluding hydrogens is 206 g/mol. The number of methoxy groups -OCH3 is 1. The first-order valence-corrected chi connectivity index (χ1v) is 5.44. The molecule has 1 heterocycles. The quantitative estimate of drug-likeness (QED) is 0.750. The number of ether oxygens (including phenoxy) is 1. The number of hydrogen-bond acceptors (Lipinski definition) is 4. The number of nitrogens with one attached hydrogen (secondary N) is 1. The summed E-state index contributed by atoms with van der Waals surface area (Å²) in [6.07, 6.45) is 0. The zero-order valence-corrected chi connectivity index (χ0v) is 10.1. The molecule has 16 heavy (non-hydrogen) atoms. The third-order valence-corrected chi connectivity index (χ3v) is 2.25. The average molecular weight is 225 g/mol. The molecule has 0 spiro atoms. The number of aromatic nitrogens is 2. The second-order valence-corrected chi connectivity index (χ2v) is 3.71. The van der Waals surface area contributed by atoms with E-state index in [-0.39, 0.29) is 11.6 Å². The van der Waals surface area contributed by atoms with Crippen molar-refractivity contribution in [2.45, 2.75) is 26.4 Å². The van der Waals surface area contributed by atoms with Crippen LogP contribution in [0.3, 0.4) is 0 Å². The molecule has 1 atom stereocenters. The molecule has 0 bridgehead atoms. The maximum absolute atomic E-state index is 11.5. The molecular formula is C11H19N3O2. The van der Waals surface area contributed by atoms with Crippen LogP contribution in [0.1, 0.15) is 12.6 Å². The summed E-state index contributed by atoms with van der Waals surface area (Å²) >= 11 is 0. The van der Waals surface area contributed by atoms with Crippen LogP contribution >= 0.6 is 0 Å². The van der Waals surface area contributed by atoms with Crippen molar-refractivity contribution in [3.63, 3.8) is 0 Å². The van der Waals surface area contributed by atoms with Gasteiger partial charge in [0.2, 0.25) is 0 Å². The Balaban J connectivity index is 2.75. The van der Waals surface area contributed by atoms with Gasteiger partial charge in [0.25, 0.3) is 5.56 Å². The monoisotopic (exact) mass is 225 g/mol. The smallest absolute Gasteiger partial charge is 0.266 e. The highest BCUT2D eigenvalue weighted by Gasteiger charge is 2.09. The fraction of sp³-hybridized carbons (Fsp3) is 0.636. The normalized spacial score (nSPS) is 12.7. The molecule has 0 aliphatic rings. The summed E-state index contributed by atoms with van der Waals surface area (Å²) in [6, 6.07) is 3.37. The van der Waals surface area contributed by atoms with Crippen LogP contribution in [0.15, 0.2) is 16.9 Å². The maximum Gasteiger partial charge on any atom is 0.266 e. The van der Waals surface area contributed by atoms with Crippen molar-refractivity contribution >= 4 is 0 Å². The zero-order chi connectivity index (χ0) is 12.0. The summed E-state index contributed by atoms with van der Waals surface area (Å²) in [4.78, 5) is 11.5. The second kappa shape index (κ2) is 6.40. The Bertz CT molecular complexity index is 370. The van der Waals surface area contributed by atoms with Gasteiger partial charge in [-0.05, 0) is 19.5 Å². The summed E-state index contributed by atoms with van der Waals surface area (Å²) in [5.74, 6) is 0. The molecule has 0 aliphatic carbocycles. The highest BCUT2D eigenvalue weighted by atomic mass is 16.5. The molecule has 0 aliphatic heterocycles. The van der Waals surface area contributed by atoms with Gasteiger partial charge in [0.1, 0.15) is 0 Å². The molecule has 0 aromatic carbocycles. The van der Waals surface area contributed by atoms with Crippen LogP contribution in [-0.2, 0) is 11.3 Å². The summed E-state index contributed by atoms with van der Waals surface area (Å²) in [6.45, 7) is 5.83. The van der Waals surface area contributed by atoms with Gasteiger partial charge in [-0.15, -0.1) is 0 Å². The zero-order valence-electron chi connectivity index (χ0n) is 10.1. The minimum Gasteiger partial charge on any atom is -0.383 e. The minimum absolute atomic E-state index is 0.0791. The lowest BCUT2D eigenvalue weighted by Gasteiger charge is -2.17. The molecule has 1 unspecified atom stereocenters. The number of rotatable bonds is 6. The maximum atomic E-state index is 11.5. The van der Waals surface area contributed by atoms with Gasteiger partial charge >= 0.3 is 0 Å². The lowest BCUT2D eigenvalue weighted by molar-refractivity contribution is 0.156. The predicted octanol–water partition coefficient (Wildman–Crippen LogP) is 0.176. The van der Waals surface area contributed by atoms with Gasteiger partial charge in [0.15, 0.2) is 0 Å². The molecule has 0 saturated carbocycles. The fourth-order valence-electron chi connectivity index (χ4n) is 1.56. The van der Waals surface area contributed by atoms with Gasteiger partial charge < -0.3 is 10.1 Å². The first-order valence-electron chi connectivity index (χ1n) is 5.44. The van der Waals surface area contributed by atoms with E-state index in [4.69, 9.17) is 4.74 Å². The Morgan fingerprint density at radius 2 is 2.31 bits per heavy atom. The lowest BCUT2D eigenvalue weighted by Crippen LogP contribution is -2.40. The number of nitrogens with zero attached hydrogens (tertiary/aromatic N) is 2. The Hall–Kier alpha value is -1.20. The van der Waals surface area contributed by atoms with Crippen LogP contribution in [0.25, 0.3) is 0 Å². The Morgan fingerprint density at radius 3 is 2.94 bits per heavy atom. The minimum atomic E-state index is -0.0791. The molecule has 1 rings (SSSR count). The van der Waals surface area contributed by atoms with E-state index >= 15 is 0 Å². The van der Waals surface area contributed by atoms with Gasteiger partial charge in [0.05, 0.1) is 24.9 Å². The number of hydrogen-bond donors (Lipinski definition) is 1. The van der Waals surface area contributed by atoms with Crippen LogP contribution in [0, 0.1) is 6.92 Å². The van der Waals surface area contributed by atoms with Crippen molar-refractivity contribution in [1.29, 1.82) is 0 Å². The van der Waals surface area contributed by atoms with Gasteiger partial charge in [-0.2, -0.15) is 5.10 Å². The van der Waals surface area contributed by atoms with Gasteiger partial charge in [-0.3, -0.25) is 4.79 Å². The third-order valence-electron chi connectivity index (χ3n) is 2.25. The van der Waals surface area contributed by atoms with Crippen LogP contribution in [0.4, 0.5) is 0 Å². The van der Waals surface area contributed by atoms with E-state index in [1.54, 1.807) is 13.2 Å².